The summed E-state index contributed by atoms with van der Waals surface area (Å²) in [6.45, 7) is 19.5. The van der Waals surface area contributed by atoms with Gasteiger partial charge in [-0.3, -0.25) is 0 Å². The summed E-state index contributed by atoms with van der Waals surface area (Å²) < 4.78 is 2.72. The zero-order chi connectivity index (χ0) is 44.8. The molecule has 320 valence electrons. The largest absolute Gasteiger partial charge is 0.242 e. The van der Waals surface area contributed by atoms with E-state index in [9.17, 15) is 0 Å². The van der Waals surface area contributed by atoms with Gasteiger partial charge in [0.1, 0.15) is 0 Å². The number of hydrogen-bond donors (Lipinski definition) is 0. The summed E-state index contributed by atoms with van der Waals surface area (Å²) in [6, 6.07) is 63.0. The van der Waals surface area contributed by atoms with E-state index in [2.05, 4.69) is 219 Å². The first-order valence-electron chi connectivity index (χ1n) is 23.9. The van der Waals surface area contributed by atoms with Crippen molar-refractivity contribution in [3.8, 4) is 22.3 Å². The highest BCUT2D eigenvalue weighted by molar-refractivity contribution is 7.25. The Hall–Kier alpha value is -5.96. The normalized spacial score (nSPS) is 16.4. The van der Waals surface area contributed by atoms with E-state index in [-0.39, 0.29) is 29.4 Å². The van der Waals surface area contributed by atoms with Crippen LogP contribution in [0.25, 0.3) is 42.4 Å². The Bertz CT molecular complexity index is 3290. The monoisotopic (exact) mass is 858 g/mol. The molecule has 0 spiro atoms. The molecule has 1 aliphatic carbocycles. The number of benzene rings is 8. The summed E-state index contributed by atoms with van der Waals surface area (Å²) in [4.78, 5) is 0. The van der Waals surface area contributed by atoms with E-state index in [4.69, 9.17) is 0 Å². The molecule has 0 amide bonds. The van der Waals surface area contributed by atoms with Crippen molar-refractivity contribution in [2.75, 3.05) is 0 Å². The third kappa shape index (κ3) is 7.12. The Morgan fingerprint density at radius 1 is 0.554 bits per heavy atom. The minimum Gasteiger partial charge on any atom is -0.135 e. The van der Waals surface area contributed by atoms with Crippen LogP contribution in [0.15, 0.2) is 164 Å². The van der Waals surface area contributed by atoms with Crippen molar-refractivity contribution in [3.63, 3.8) is 0 Å². The lowest BCUT2D eigenvalue weighted by atomic mass is 9.31. The average Bonchev–Trinajstić information content (AvgIpc) is 3.78. The third-order valence-corrected chi connectivity index (χ3v) is 16.6. The summed E-state index contributed by atoms with van der Waals surface area (Å²) in [5, 5.41) is 2.77. The van der Waals surface area contributed by atoms with Crippen LogP contribution in [0.4, 0.5) is 0 Å². The van der Waals surface area contributed by atoms with Gasteiger partial charge in [0.15, 0.2) is 0 Å². The molecule has 0 bridgehead atoms. The molecule has 9 aromatic rings. The van der Waals surface area contributed by atoms with Gasteiger partial charge in [0.25, 0.3) is 0 Å². The van der Waals surface area contributed by atoms with Crippen LogP contribution in [-0.2, 0) is 17.3 Å². The van der Waals surface area contributed by atoms with E-state index in [1.165, 1.54) is 109 Å². The van der Waals surface area contributed by atoms with Gasteiger partial charge in [0.2, 0.25) is 6.71 Å². The molecule has 0 fully saturated rings. The molecule has 0 radical (unpaired) electrons. The van der Waals surface area contributed by atoms with Gasteiger partial charge in [-0.1, -0.05) is 214 Å². The van der Waals surface area contributed by atoms with Crippen LogP contribution in [0.5, 0.6) is 0 Å². The highest BCUT2D eigenvalue weighted by Crippen LogP contribution is 2.51. The average molecular weight is 859 g/mol. The Morgan fingerprint density at radius 3 is 1.94 bits per heavy atom. The minimum atomic E-state index is 0.0778. The van der Waals surface area contributed by atoms with Gasteiger partial charge >= 0.3 is 0 Å². The molecule has 2 aliphatic rings. The zero-order valence-electron chi connectivity index (χ0n) is 39.4. The SMILES string of the molecule is Cc1cc(C)c2c(c1)C(CCc1cc(-c3ccccc3)ccc1C)c1cc3c(cc1B2c1ccc(-c2ccccc2)cc1C(C)c1cccc2sc4ccccc4c12)C(C)(C)CC3(C)C. The second-order valence-corrected chi connectivity index (χ2v) is 21.9. The molecule has 0 N–H and O–H groups in total. The van der Waals surface area contributed by atoms with Crippen molar-refractivity contribution in [1.82, 2.24) is 0 Å². The van der Waals surface area contributed by atoms with Crippen molar-refractivity contribution in [1.29, 1.82) is 0 Å². The Labute approximate surface area is 391 Å². The van der Waals surface area contributed by atoms with Crippen LogP contribution in [0, 0.1) is 20.8 Å². The lowest BCUT2D eigenvalue weighted by Gasteiger charge is -2.38. The van der Waals surface area contributed by atoms with Gasteiger partial charge in [-0.15, -0.1) is 11.3 Å². The van der Waals surface area contributed by atoms with Gasteiger partial charge in [0, 0.05) is 32.0 Å². The van der Waals surface area contributed by atoms with E-state index < -0.39 is 0 Å². The fraction of sp³-hybridized carbons (Fsp3) is 0.238. The molecule has 2 heteroatoms. The first-order valence-corrected chi connectivity index (χ1v) is 24.7. The van der Waals surface area contributed by atoms with Crippen LogP contribution >= 0.6 is 11.3 Å². The lowest BCUT2D eigenvalue weighted by molar-refractivity contribution is 0.403. The Kier molecular flexibility index (Phi) is 10.2. The molecular formula is C63H59BS. The summed E-state index contributed by atoms with van der Waals surface area (Å²) in [6.07, 6.45) is 3.23. The van der Waals surface area contributed by atoms with Crippen LogP contribution in [0.3, 0.4) is 0 Å². The van der Waals surface area contributed by atoms with E-state index in [0.717, 1.165) is 19.3 Å². The molecular weight excluding hydrogens is 800 g/mol. The molecule has 0 nitrogen and oxygen atoms in total. The summed E-state index contributed by atoms with van der Waals surface area (Å²) in [5.41, 5.74) is 24.3. The molecule has 2 atom stereocenters. The van der Waals surface area contributed by atoms with Crippen LogP contribution < -0.4 is 16.4 Å². The molecule has 2 unspecified atom stereocenters. The molecule has 8 aromatic carbocycles. The second kappa shape index (κ2) is 15.9. The first-order chi connectivity index (χ1) is 31.4. The fourth-order valence-electron chi connectivity index (χ4n) is 12.7. The van der Waals surface area contributed by atoms with Crippen LogP contribution in [0.1, 0.15) is 115 Å². The third-order valence-electron chi connectivity index (χ3n) is 15.5. The molecule has 0 saturated heterocycles. The minimum absolute atomic E-state index is 0.0778. The van der Waals surface area contributed by atoms with E-state index in [0.29, 0.717) is 0 Å². The maximum Gasteiger partial charge on any atom is 0.242 e. The standard InChI is InChI=1S/C63H59BS/c1-39-32-41(3)61-53(33-39)49(30-28-45-34-46(27-26-40(45)2)43-18-11-9-12-19-43)52-36-54-55(63(7,8)38-62(54,5)6)37-57(52)64(61)56-31-29-47(44-20-13-10-14-21-44)35-51(56)42(4)48-23-17-25-59-60(48)50-22-15-16-24-58(50)65-59/h9-27,29,31-37,42,49H,28,30,38H2,1-8H3. The number of rotatable bonds is 8. The predicted molar refractivity (Wildman–Crippen MR) is 283 cm³/mol. The predicted octanol–water partition coefficient (Wildman–Crippen LogP) is 15.0. The quantitative estimate of drug-likeness (QED) is 0.134. The van der Waals surface area contributed by atoms with Gasteiger partial charge in [-0.2, -0.15) is 0 Å². The van der Waals surface area contributed by atoms with Crippen LogP contribution in [0.2, 0.25) is 0 Å². The van der Waals surface area contributed by atoms with Crippen molar-refractivity contribution in [2.24, 2.45) is 0 Å². The maximum atomic E-state index is 2.72. The lowest BCUT2D eigenvalue weighted by Crippen LogP contribution is -2.60. The highest BCUT2D eigenvalue weighted by atomic mass is 32.1. The smallest absolute Gasteiger partial charge is 0.135 e. The number of hydrogen-bond acceptors (Lipinski definition) is 1. The number of fused-ring (bicyclic) bond motifs is 6. The number of thiophene rings is 1. The summed E-state index contributed by atoms with van der Waals surface area (Å²) >= 11 is 1.92. The van der Waals surface area contributed by atoms with Gasteiger partial charge in [-0.05, 0) is 130 Å². The van der Waals surface area contributed by atoms with Gasteiger partial charge in [0.05, 0.1) is 0 Å². The number of aryl methyl sites for hydroxylation is 4. The Balaban J connectivity index is 1.14. The second-order valence-electron chi connectivity index (χ2n) is 20.8. The molecule has 65 heavy (non-hydrogen) atoms. The zero-order valence-corrected chi connectivity index (χ0v) is 40.2. The van der Waals surface area contributed by atoms with Crippen molar-refractivity contribution in [2.45, 2.75) is 97.3 Å². The topological polar surface area (TPSA) is 0 Å². The van der Waals surface area contributed by atoms with Crippen molar-refractivity contribution < 1.29 is 0 Å². The fourth-order valence-corrected chi connectivity index (χ4v) is 13.8. The summed E-state index contributed by atoms with van der Waals surface area (Å²) in [7, 11) is 0. The van der Waals surface area contributed by atoms with E-state index in [1.807, 2.05) is 11.3 Å². The van der Waals surface area contributed by atoms with Gasteiger partial charge in [-0.25, -0.2) is 0 Å². The molecule has 1 aromatic heterocycles. The first kappa shape index (κ1) is 41.7. The van der Waals surface area contributed by atoms with Gasteiger partial charge < -0.3 is 0 Å². The highest BCUT2D eigenvalue weighted by Gasteiger charge is 2.46. The maximum absolute atomic E-state index is 2.72. The summed E-state index contributed by atoms with van der Waals surface area (Å²) in [5.74, 6) is 0.422. The van der Waals surface area contributed by atoms with Crippen molar-refractivity contribution >= 4 is 54.6 Å². The Morgan fingerprint density at radius 2 is 1.20 bits per heavy atom. The van der Waals surface area contributed by atoms with Crippen LogP contribution in [-0.4, -0.2) is 6.71 Å². The van der Waals surface area contributed by atoms with E-state index in [1.54, 1.807) is 5.56 Å². The molecule has 11 rings (SSSR count). The molecule has 1 aliphatic heterocycles. The van der Waals surface area contributed by atoms with E-state index >= 15 is 0 Å². The van der Waals surface area contributed by atoms with Crippen molar-refractivity contribution in [3.05, 3.63) is 219 Å². The molecule has 0 saturated carbocycles. The molecule has 2 heterocycles.